The van der Waals surface area contributed by atoms with Gasteiger partial charge in [0, 0.05) is 45.7 Å². The maximum absolute atomic E-state index is 12.8. The van der Waals surface area contributed by atoms with Gasteiger partial charge in [-0.05, 0) is 31.5 Å². The number of piperidine rings is 1. The van der Waals surface area contributed by atoms with Crippen molar-refractivity contribution in [2.24, 2.45) is 0 Å². The summed E-state index contributed by atoms with van der Waals surface area (Å²) in [5, 5.41) is 0. The summed E-state index contributed by atoms with van der Waals surface area (Å²) in [5.41, 5.74) is 3.36. The van der Waals surface area contributed by atoms with Gasteiger partial charge in [-0.1, -0.05) is 29.3 Å². The number of likely N-dealkylation sites (tertiary alicyclic amines) is 1. The van der Waals surface area contributed by atoms with Crippen molar-refractivity contribution in [3.8, 4) is 5.88 Å². The number of aromatic nitrogens is 1. The molecular formula is C21H27N3O3S. The maximum Gasteiger partial charge on any atom is 0.248 e. The van der Waals surface area contributed by atoms with Crippen molar-refractivity contribution in [3.05, 3.63) is 53.2 Å². The molecule has 0 radical (unpaired) electrons. The van der Waals surface area contributed by atoms with E-state index in [0.717, 1.165) is 32.5 Å². The second-order valence-corrected chi connectivity index (χ2v) is 10.1. The SMILES string of the molecule is Cc1cc(C)cc(CN2CCC3(CC2)CN(C)S(=O)(=O)c2cccnc2O3)c1. The van der Waals surface area contributed by atoms with E-state index in [4.69, 9.17) is 4.74 Å². The Morgan fingerprint density at radius 2 is 1.82 bits per heavy atom. The van der Waals surface area contributed by atoms with Gasteiger partial charge >= 0.3 is 0 Å². The Balaban J connectivity index is 1.52. The van der Waals surface area contributed by atoms with Crippen molar-refractivity contribution < 1.29 is 13.2 Å². The molecule has 1 aromatic carbocycles. The molecule has 0 amide bonds. The minimum Gasteiger partial charge on any atom is -0.469 e. The molecule has 1 fully saturated rings. The second kappa shape index (κ2) is 7.13. The molecule has 2 aromatic rings. The van der Waals surface area contributed by atoms with Crippen molar-refractivity contribution in [2.45, 2.75) is 43.7 Å². The van der Waals surface area contributed by atoms with Crippen LogP contribution >= 0.6 is 0 Å². The van der Waals surface area contributed by atoms with Crippen LogP contribution in [-0.2, 0) is 16.6 Å². The smallest absolute Gasteiger partial charge is 0.248 e. The number of nitrogens with zero attached hydrogens (tertiary/aromatic N) is 3. The van der Waals surface area contributed by atoms with E-state index in [1.54, 1.807) is 25.4 Å². The summed E-state index contributed by atoms with van der Waals surface area (Å²) >= 11 is 0. The maximum atomic E-state index is 12.8. The van der Waals surface area contributed by atoms with Crippen molar-refractivity contribution in [3.63, 3.8) is 0 Å². The lowest BCUT2D eigenvalue weighted by molar-refractivity contribution is -0.0120. The van der Waals surface area contributed by atoms with Crippen LogP contribution in [-0.4, -0.2) is 54.9 Å². The Morgan fingerprint density at radius 3 is 2.50 bits per heavy atom. The molecule has 1 saturated heterocycles. The number of likely N-dealkylation sites (N-methyl/N-ethyl adjacent to an activating group) is 1. The van der Waals surface area contributed by atoms with Gasteiger partial charge in [0.2, 0.25) is 15.9 Å². The highest BCUT2D eigenvalue weighted by atomic mass is 32.2. The summed E-state index contributed by atoms with van der Waals surface area (Å²) in [6, 6.07) is 9.87. The number of sulfonamides is 1. The Hall–Kier alpha value is -1.96. The molecule has 3 heterocycles. The molecule has 1 aromatic heterocycles. The summed E-state index contributed by atoms with van der Waals surface area (Å²) in [7, 11) is -1.94. The number of hydrogen-bond donors (Lipinski definition) is 0. The highest BCUT2D eigenvalue weighted by molar-refractivity contribution is 7.89. The lowest BCUT2D eigenvalue weighted by atomic mass is 9.90. The van der Waals surface area contributed by atoms with Crippen molar-refractivity contribution >= 4 is 10.0 Å². The summed E-state index contributed by atoms with van der Waals surface area (Å²) in [5.74, 6) is 0.231. The molecule has 0 unspecified atom stereocenters. The highest BCUT2D eigenvalue weighted by Gasteiger charge is 2.44. The molecule has 150 valence electrons. The zero-order chi connectivity index (χ0) is 19.9. The van der Waals surface area contributed by atoms with Crippen LogP contribution in [0.15, 0.2) is 41.4 Å². The quantitative estimate of drug-likeness (QED) is 0.774. The van der Waals surface area contributed by atoms with Crippen LogP contribution < -0.4 is 4.74 Å². The highest BCUT2D eigenvalue weighted by Crippen LogP contribution is 2.37. The first-order valence-electron chi connectivity index (χ1n) is 9.67. The van der Waals surface area contributed by atoms with Crippen LogP contribution in [0.3, 0.4) is 0 Å². The zero-order valence-electron chi connectivity index (χ0n) is 16.7. The fraction of sp³-hybridized carbons (Fsp3) is 0.476. The molecule has 2 aliphatic heterocycles. The first-order chi connectivity index (χ1) is 13.3. The van der Waals surface area contributed by atoms with E-state index in [2.05, 4.69) is 41.9 Å². The molecule has 0 bridgehead atoms. The summed E-state index contributed by atoms with van der Waals surface area (Å²) < 4.78 is 33.3. The van der Waals surface area contributed by atoms with Crippen LogP contribution in [0.5, 0.6) is 5.88 Å². The molecular weight excluding hydrogens is 374 g/mol. The number of hydrogen-bond acceptors (Lipinski definition) is 5. The normalized spacial score (nSPS) is 21.7. The average Bonchev–Trinajstić information content (AvgIpc) is 2.70. The van der Waals surface area contributed by atoms with E-state index in [1.807, 2.05) is 0 Å². The monoisotopic (exact) mass is 401 g/mol. The largest absolute Gasteiger partial charge is 0.469 e. The minimum absolute atomic E-state index is 0.159. The van der Waals surface area contributed by atoms with Crippen LogP contribution in [0.2, 0.25) is 0 Å². The number of benzene rings is 1. The number of ether oxygens (including phenoxy) is 1. The first kappa shape index (κ1) is 19.4. The molecule has 28 heavy (non-hydrogen) atoms. The molecule has 0 N–H and O–H groups in total. The second-order valence-electron chi connectivity index (χ2n) is 8.12. The molecule has 1 spiro atoms. The molecule has 6 nitrogen and oxygen atoms in total. The number of fused-ring (bicyclic) bond motifs is 1. The van der Waals surface area contributed by atoms with Crippen LogP contribution in [0.25, 0.3) is 0 Å². The van der Waals surface area contributed by atoms with Gasteiger partial charge in [0.1, 0.15) is 10.5 Å². The predicted octanol–water partition coefficient (Wildman–Crippen LogP) is 2.75. The Bertz CT molecular complexity index is 962. The topological polar surface area (TPSA) is 62.7 Å². The van der Waals surface area contributed by atoms with Gasteiger partial charge in [-0.25, -0.2) is 13.4 Å². The fourth-order valence-electron chi connectivity index (χ4n) is 4.34. The lowest BCUT2D eigenvalue weighted by Gasteiger charge is -2.41. The van der Waals surface area contributed by atoms with E-state index in [9.17, 15) is 8.42 Å². The number of aryl methyl sites for hydroxylation is 2. The molecule has 7 heteroatoms. The summed E-state index contributed by atoms with van der Waals surface area (Å²) in [6.45, 7) is 7.24. The average molecular weight is 402 g/mol. The fourth-order valence-corrected chi connectivity index (χ4v) is 5.65. The van der Waals surface area contributed by atoms with Gasteiger partial charge in [-0.2, -0.15) is 4.31 Å². The van der Waals surface area contributed by atoms with Crippen molar-refractivity contribution in [2.75, 3.05) is 26.7 Å². The van der Waals surface area contributed by atoms with Gasteiger partial charge in [0.15, 0.2) is 0 Å². The van der Waals surface area contributed by atoms with Gasteiger partial charge in [-0.3, -0.25) is 4.90 Å². The van der Waals surface area contributed by atoms with Crippen molar-refractivity contribution in [1.82, 2.24) is 14.2 Å². The third-order valence-corrected chi connectivity index (χ3v) is 7.52. The summed E-state index contributed by atoms with van der Waals surface area (Å²) in [6.07, 6.45) is 3.13. The standard InChI is InChI=1S/C21H27N3O3S/c1-16-11-17(2)13-18(12-16)14-24-9-6-21(7-10-24)15-23(3)28(25,26)19-5-4-8-22-20(19)27-21/h4-5,8,11-13H,6-7,9-10,14-15H2,1-3H3. The summed E-state index contributed by atoms with van der Waals surface area (Å²) in [4.78, 5) is 6.80. The molecule has 2 aliphatic rings. The van der Waals surface area contributed by atoms with E-state index in [-0.39, 0.29) is 10.8 Å². The Kier molecular flexibility index (Phi) is 4.93. The first-order valence-corrected chi connectivity index (χ1v) is 11.1. The van der Waals surface area contributed by atoms with Crippen LogP contribution in [0.1, 0.15) is 29.5 Å². The van der Waals surface area contributed by atoms with E-state index >= 15 is 0 Å². The minimum atomic E-state index is -3.57. The number of pyridine rings is 1. The lowest BCUT2D eigenvalue weighted by Crippen LogP contribution is -2.53. The van der Waals surface area contributed by atoms with Gasteiger partial charge in [0.25, 0.3) is 0 Å². The van der Waals surface area contributed by atoms with E-state index < -0.39 is 15.6 Å². The third-order valence-electron chi connectivity index (χ3n) is 5.70. The van der Waals surface area contributed by atoms with Gasteiger partial charge < -0.3 is 4.74 Å². The zero-order valence-corrected chi connectivity index (χ0v) is 17.5. The Morgan fingerprint density at radius 1 is 1.14 bits per heavy atom. The molecule has 4 rings (SSSR count). The van der Waals surface area contributed by atoms with Gasteiger partial charge in [0.05, 0.1) is 6.54 Å². The van der Waals surface area contributed by atoms with Gasteiger partial charge in [-0.15, -0.1) is 0 Å². The third kappa shape index (κ3) is 3.66. The van der Waals surface area contributed by atoms with Crippen LogP contribution in [0, 0.1) is 13.8 Å². The van der Waals surface area contributed by atoms with Crippen LogP contribution in [0.4, 0.5) is 0 Å². The Labute approximate surface area is 167 Å². The van der Waals surface area contributed by atoms with E-state index in [1.165, 1.54) is 21.0 Å². The molecule has 0 saturated carbocycles. The molecule has 0 atom stereocenters. The number of rotatable bonds is 2. The van der Waals surface area contributed by atoms with E-state index in [0.29, 0.717) is 6.54 Å². The van der Waals surface area contributed by atoms with Crippen molar-refractivity contribution in [1.29, 1.82) is 0 Å². The predicted molar refractivity (Wildman–Crippen MR) is 108 cm³/mol. The molecule has 0 aliphatic carbocycles.